The lowest BCUT2D eigenvalue weighted by Gasteiger charge is -2.44. The zero-order chi connectivity index (χ0) is 29.1. The van der Waals surface area contributed by atoms with E-state index in [9.17, 15) is 0 Å². The van der Waals surface area contributed by atoms with Gasteiger partial charge in [0.05, 0.1) is 0 Å². The highest BCUT2D eigenvalue weighted by Crippen LogP contribution is 2.46. The lowest BCUT2D eigenvalue weighted by Crippen LogP contribution is -2.52. The van der Waals surface area contributed by atoms with Crippen molar-refractivity contribution in [1.29, 1.82) is 0 Å². The number of benzene rings is 4. The summed E-state index contributed by atoms with van der Waals surface area (Å²) in [5.41, 5.74) is 8.72. The number of amidine groups is 1. The molecule has 214 valence electrons. The second-order valence-electron chi connectivity index (χ2n) is 11.5. The molecule has 0 saturated carbocycles. The molecular weight excluding hydrogens is 536 g/mol. The minimum Gasteiger partial charge on any atom is -0.378 e. The van der Waals surface area contributed by atoms with E-state index < -0.39 is 0 Å². The van der Waals surface area contributed by atoms with Gasteiger partial charge < -0.3 is 14.7 Å². The van der Waals surface area contributed by atoms with Crippen molar-refractivity contribution in [1.82, 2.24) is 4.90 Å². The summed E-state index contributed by atoms with van der Waals surface area (Å²) in [5, 5.41) is 0.762. The molecule has 2 atom stereocenters. The zero-order valence-electron chi connectivity index (χ0n) is 24.7. The van der Waals surface area contributed by atoms with Crippen LogP contribution in [0.25, 0.3) is 5.57 Å². The molecule has 0 amide bonds. The molecule has 0 bridgehead atoms. The van der Waals surface area contributed by atoms with E-state index in [4.69, 9.17) is 16.6 Å². The molecule has 6 rings (SSSR count). The largest absolute Gasteiger partial charge is 0.378 e. The molecule has 2 aliphatic rings. The van der Waals surface area contributed by atoms with Gasteiger partial charge in [-0.2, -0.15) is 0 Å². The van der Waals surface area contributed by atoms with E-state index in [1.807, 2.05) is 12.1 Å². The summed E-state index contributed by atoms with van der Waals surface area (Å²) in [5.74, 6) is 1.54. The molecule has 1 saturated heterocycles. The van der Waals surface area contributed by atoms with E-state index in [1.54, 1.807) is 0 Å². The maximum atomic E-state index is 6.41. The molecule has 4 nitrogen and oxygen atoms in total. The fraction of sp³-hybridized carbons (Fsp3) is 0.270. The maximum Gasteiger partial charge on any atom is 0.109 e. The van der Waals surface area contributed by atoms with Gasteiger partial charge in [0.15, 0.2) is 0 Å². The van der Waals surface area contributed by atoms with Crippen LogP contribution in [0.15, 0.2) is 120 Å². The fourth-order valence-electron chi connectivity index (χ4n) is 6.50. The van der Waals surface area contributed by atoms with E-state index in [-0.39, 0.29) is 11.8 Å². The summed E-state index contributed by atoms with van der Waals surface area (Å²) < 4.78 is 0. The monoisotopic (exact) mass is 574 g/mol. The first-order valence-corrected chi connectivity index (χ1v) is 15.3. The Morgan fingerprint density at radius 2 is 1.33 bits per heavy atom. The Labute approximate surface area is 255 Å². The van der Waals surface area contributed by atoms with Gasteiger partial charge in [0.2, 0.25) is 0 Å². The average molecular weight is 575 g/mol. The Hall–Kier alpha value is -4.02. The molecule has 0 spiro atoms. The van der Waals surface area contributed by atoms with Crippen LogP contribution in [0.5, 0.6) is 0 Å². The summed E-state index contributed by atoms with van der Waals surface area (Å²) in [6.07, 6.45) is 0.915. The minimum absolute atomic E-state index is 0.146. The number of rotatable bonds is 6. The zero-order valence-corrected chi connectivity index (χ0v) is 25.5. The van der Waals surface area contributed by atoms with Crippen LogP contribution in [0, 0.1) is 5.92 Å². The van der Waals surface area contributed by atoms with E-state index in [0.717, 1.165) is 43.3 Å². The van der Waals surface area contributed by atoms with Gasteiger partial charge in [0, 0.05) is 74.2 Å². The van der Waals surface area contributed by atoms with Crippen molar-refractivity contribution in [2.75, 3.05) is 50.1 Å². The summed E-state index contributed by atoms with van der Waals surface area (Å²) in [4.78, 5) is 12.6. The van der Waals surface area contributed by atoms with Crippen LogP contribution in [-0.2, 0) is 6.42 Å². The van der Waals surface area contributed by atoms with Crippen molar-refractivity contribution in [2.45, 2.75) is 19.3 Å². The third-order valence-electron chi connectivity index (χ3n) is 8.66. The molecule has 4 aromatic rings. The Balaban J connectivity index is 1.43. The standard InChI is InChI=1S/C37H39ClN4/c1-27-35(29-16-20-32(21-17-29)40(2)3)36(30-14-18-31(38)19-15-30)34(26-28-10-6-4-7-11-28)37(39-27)42-24-22-41(23-25-42)33-12-8-5-9-13-33/h4-21,34,36H,22-26H2,1-3H3. The van der Waals surface area contributed by atoms with Crippen LogP contribution in [0.4, 0.5) is 11.4 Å². The number of hydrogen-bond donors (Lipinski definition) is 0. The van der Waals surface area contributed by atoms with Crippen LogP contribution in [0.1, 0.15) is 29.5 Å². The second kappa shape index (κ2) is 12.5. The molecule has 2 unspecified atom stereocenters. The number of halogens is 1. The molecule has 42 heavy (non-hydrogen) atoms. The van der Waals surface area contributed by atoms with Crippen molar-refractivity contribution in [3.8, 4) is 0 Å². The number of aliphatic imine (C=N–C) groups is 1. The molecule has 0 N–H and O–H groups in total. The number of piperazine rings is 1. The number of hydrogen-bond acceptors (Lipinski definition) is 4. The molecule has 5 heteroatoms. The maximum absolute atomic E-state index is 6.41. The highest BCUT2D eigenvalue weighted by Gasteiger charge is 2.39. The predicted octanol–water partition coefficient (Wildman–Crippen LogP) is 8.01. The van der Waals surface area contributed by atoms with E-state index in [2.05, 4.69) is 133 Å². The Morgan fingerprint density at radius 3 is 1.95 bits per heavy atom. The predicted molar refractivity (Wildman–Crippen MR) is 179 cm³/mol. The highest BCUT2D eigenvalue weighted by molar-refractivity contribution is 6.30. The van der Waals surface area contributed by atoms with Gasteiger partial charge in [-0.05, 0) is 72.0 Å². The average Bonchev–Trinajstić information content (AvgIpc) is 3.03. The molecule has 2 aliphatic heterocycles. The SMILES string of the molecule is CC1=C(c2ccc(N(C)C)cc2)C(c2ccc(Cl)cc2)C(Cc2ccccc2)C(N2CCN(c3ccccc3)CC2)=N1. The first-order valence-electron chi connectivity index (χ1n) is 14.9. The second-order valence-corrected chi connectivity index (χ2v) is 12.0. The van der Waals surface area contributed by atoms with Gasteiger partial charge >= 0.3 is 0 Å². The molecule has 2 heterocycles. The number of nitrogens with zero attached hydrogens (tertiary/aromatic N) is 4. The van der Waals surface area contributed by atoms with Crippen molar-refractivity contribution in [3.63, 3.8) is 0 Å². The number of allylic oxidation sites excluding steroid dienone is 2. The summed E-state index contributed by atoms with van der Waals surface area (Å²) >= 11 is 6.41. The molecule has 4 aromatic carbocycles. The third kappa shape index (κ3) is 5.96. The van der Waals surface area contributed by atoms with Gasteiger partial charge in [-0.1, -0.05) is 84.4 Å². The molecule has 1 fully saturated rings. The van der Waals surface area contributed by atoms with E-state index in [0.29, 0.717) is 0 Å². The van der Waals surface area contributed by atoms with Gasteiger partial charge in [-0.15, -0.1) is 0 Å². The van der Waals surface area contributed by atoms with Crippen molar-refractivity contribution < 1.29 is 0 Å². The molecule has 0 radical (unpaired) electrons. The van der Waals surface area contributed by atoms with Crippen LogP contribution >= 0.6 is 11.6 Å². The van der Waals surface area contributed by atoms with Crippen molar-refractivity contribution in [2.24, 2.45) is 10.9 Å². The highest BCUT2D eigenvalue weighted by atomic mass is 35.5. The van der Waals surface area contributed by atoms with Crippen molar-refractivity contribution in [3.05, 3.63) is 137 Å². The van der Waals surface area contributed by atoms with E-state index >= 15 is 0 Å². The lowest BCUT2D eigenvalue weighted by molar-refractivity contribution is 0.357. The number of anilines is 2. The molecule has 0 aromatic heterocycles. The van der Waals surface area contributed by atoms with Crippen LogP contribution in [-0.4, -0.2) is 51.0 Å². The van der Waals surface area contributed by atoms with E-state index in [1.165, 1.54) is 39.5 Å². The summed E-state index contributed by atoms with van der Waals surface area (Å²) in [7, 11) is 4.17. The summed E-state index contributed by atoms with van der Waals surface area (Å²) in [6, 6.07) is 39.1. The van der Waals surface area contributed by atoms with Gasteiger partial charge in [0.25, 0.3) is 0 Å². The number of para-hydroxylation sites is 1. The van der Waals surface area contributed by atoms with Gasteiger partial charge in [-0.25, -0.2) is 4.99 Å². The fourth-order valence-corrected chi connectivity index (χ4v) is 6.63. The first-order chi connectivity index (χ1) is 20.5. The molecular formula is C37H39ClN4. The Morgan fingerprint density at radius 1 is 0.738 bits per heavy atom. The first kappa shape index (κ1) is 28.1. The molecule has 0 aliphatic carbocycles. The minimum atomic E-state index is 0.146. The van der Waals surface area contributed by atoms with Crippen molar-refractivity contribution >= 4 is 34.4 Å². The quantitative estimate of drug-likeness (QED) is 0.233. The summed E-state index contributed by atoms with van der Waals surface area (Å²) in [6.45, 7) is 6.05. The normalized spacial score (nSPS) is 19.1. The Bertz CT molecular complexity index is 1540. The van der Waals surface area contributed by atoms with Crippen LogP contribution in [0.2, 0.25) is 5.02 Å². The van der Waals surface area contributed by atoms with Crippen LogP contribution in [0.3, 0.4) is 0 Å². The van der Waals surface area contributed by atoms with Gasteiger partial charge in [-0.3, -0.25) is 0 Å². The smallest absolute Gasteiger partial charge is 0.109 e. The van der Waals surface area contributed by atoms with Crippen LogP contribution < -0.4 is 9.80 Å². The third-order valence-corrected chi connectivity index (χ3v) is 8.92. The topological polar surface area (TPSA) is 22.1 Å². The lowest BCUT2D eigenvalue weighted by atomic mass is 9.72. The van der Waals surface area contributed by atoms with Gasteiger partial charge in [0.1, 0.15) is 5.84 Å². The Kier molecular flexibility index (Phi) is 8.34.